The lowest BCUT2D eigenvalue weighted by molar-refractivity contribution is -0.124. The summed E-state index contributed by atoms with van der Waals surface area (Å²) < 4.78 is 20.2. The minimum absolute atomic E-state index is 0.0980. The second-order valence-electron chi connectivity index (χ2n) is 6.78. The van der Waals surface area contributed by atoms with E-state index in [-0.39, 0.29) is 23.1 Å². The van der Waals surface area contributed by atoms with Crippen molar-refractivity contribution < 1.29 is 18.7 Å². The third-order valence-corrected chi connectivity index (χ3v) is 4.62. The van der Waals surface area contributed by atoms with Crippen LogP contribution in [0.2, 0.25) is 5.02 Å². The Balaban J connectivity index is 1.61. The van der Waals surface area contributed by atoms with Crippen LogP contribution in [0.1, 0.15) is 33.0 Å². The van der Waals surface area contributed by atoms with Crippen molar-refractivity contribution in [1.82, 2.24) is 20.1 Å². The number of aromatic nitrogens is 3. The topological polar surface area (TPSA) is 86.1 Å². The van der Waals surface area contributed by atoms with Crippen molar-refractivity contribution in [2.24, 2.45) is 0 Å². The van der Waals surface area contributed by atoms with Gasteiger partial charge in [0.05, 0.1) is 10.7 Å². The third kappa shape index (κ3) is 5.01. The molecule has 0 spiro atoms. The number of amides is 1. The summed E-state index contributed by atoms with van der Waals surface area (Å²) in [4.78, 5) is 28.6. The summed E-state index contributed by atoms with van der Waals surface area (Å²) in [5.74, 6) is -1.31. The molecule has 1 amide bonds. The van der Waals surface area contributed by atoms with E-state index in [0.29, 0.717) is 16.9 Å². The molecule has 0 saturated heterocycles. The van der Waals surface area contributed by atoms with Crippen LogP contribution in [-0.4, -0.2) is 33.2 Å². The monoisotopic (exact) mass is 430 g/mol. The van der Waals surface area contributed by atoms with E-state index in [4.69, 9.17) is 16.3 Å². The molecule has 0 bridgehead atoms. The number of benzene rings is 1. The molecule has 0 aliphatic carbocycles. The van der Waals surface area contributed by atoms with Gasteiger partial charge in [0, 0.05) is 12.2 Å². The minimum Gasteiger partial charge on any atom is -0.451 e. The Labute approximate surface area is 177 Å². The number of hydrogen-bond donors (Lipinski definition) is 1. The predicted octanol–water partition coefficient (Wildman–Crippen LogP) is 3.46. The van der Waals surface area contributed by atoms with E-state index in [9.17, 15) is 14.0 Å². The Bertz CT molecular complexity index is 1110. The van der Waals surface area contributed by atoms with E-state index in [1.165, 1.54) is 12.1 Å². The number of carbonyl (C=O) groups excluding carboxylic acids is 2. The number of aryl methyl sites for hydroxylation is 3. The van der Waals surface area contributed by atoms with Crippen molar-refractivity contribution in [3.8, 4) is 5.82 Å². The fraction of sp³-hybridized carbons (Fsp3) is 0.238. The van der Waals surface area contributed by atoms with Gasteiger partial charge in [-0.1, -0.05) is 23.7 Å². The molecule has 1 N–H and O–H groups in total. The van der Waals surface area contributed by atoms with Crippen molar-refractivity contribution in [3.05, 3.63) is 75.4 Å². The Morgan fingerprint density at radius 3 is 2.60 bits per heavy atom. The average Bonchev–Trinajstić information content (AvgIpc) is 3.05. The van der Waals surface area contributed by atoms with Gasteiger partial charge in [0.2, 0.25) is 0 Å². The molecule has 3 aromatic rings. The normalized spacial score (nSPS) is 10.7. The molecule has 156 valence electrons. The van der Waals surface area contributed by atoms with Gasteiger partial charge < -0.3 is 10.1 Å². The van der Waals surface area contributed by atoms with E-state index in [1.54, 1.807) is 29.8 Å². The van der Waals surface area contributed by atoms with Gasteiger partial charge in [-0.05, 0) is 56.2 Å². The fourth-order valence-electron chi connectivity index (χ4n) is 2.75. The van der Waals surface area contributed by atoms with Gasteiger partial charge >= 0.3 is 5.97 Å². The first kappa shape index (κ1) is 21.4. The zero-order chi connectivity index (χ0) is 21.8. The molecule has 0 aliphatic heterocycles. The second-order valence-corrected chi connectivity index (χ2v) is 7.18. The number of rotatable bonds is 6. The standard InChI is InChI=1S/C21H20ClFN4O3/c1-12-4-5-15(9-17(12)23)10-24-19(28)11-30-21(29)20-16(22)6-7-18(25-20)27-14(3)8-13(2)26-27/h4-9H,10-11H2,1-3H3,(H,24,28). The molecule has 1 aromatic carbocycles. The SMILES string of the molecule is Cc1cc(C)n(-c2ccc(Cl)c(C(=O)OCC(=O)NCc3ccc(C)c(F)c3)n2)n1. The Morgan fingerprint density at radius 1 is 1.17 bits per heavy atom. The van der Waals surface area contributed by atoms with Crippen LogP contribution in [0.25, 0.3) is 5.82 Å². The maximum absolute atomic E-state index is 13.6. The van der Waals surface area contributed by atoms with Crippen molar-refractivity contribution in [2.75, 3.05) is 6.61 Å². The van der Waals surface area contributed by atoms with E-state index < -0.39 is 18.5 Å². The molecule has 0 fully saturated rings. The molecule has 3 rings (SSSR count). The summed E-state index contributed by atoms with van der Waals surface area (Å²) in [7, 11) is 0. The highest BCUT2D eigenvalue weighted by Crippen LogP contribution is 2.18. The van der Waals surface area contributed by atoms with Gasteiger partial charge in [-0.25, -0.2) is 18.9 Å². The molecular formula is C21H20ClFN4O3. The van der Waals surface area contributed by atoms with Gasteiger partial charge in [0.15, 0.2) is 18.1 Å². The van der Waals surface area contributed by atoms with Gasteiger partial charge in [-0.15, -0.1) is 0 Å². The quantitative estimate of drug-likeness (QED) is 0.605. The lowest BCUT2D eigenvalue weighted by atomic mass is 10.1. The van der Waals surface area contributed by atoms with Crippen LogP contribution >= 0.6 is 11.6 Å². The highest BCUT2D eigenvalue weighted by Gasteiger charge is 2.18. The van der Waals surface area contributed by atoms with Crippen LogP contribution in [0.3, 0.4) is 0 Å². The number of halogens is 2. The molecule has 30 heavy (non-hydrogen) atoms. The predicted molar refractivity (Wildman–Crippen MR) is 109 cm³/mol. The maximum Gasteiger partial charge on any atom is 0.359 e. The third-order valence-electron chi connectivity index (χ3n) is 4.31. The van der Waals surface area contributed by atoms with Crippen LogP contribution in [0, 0.1) is 26.6 Å². The van der Waals surface area contributed by atoms with E-state index in [2.05, 4.69) is 15.4 Å². The van der Waals surface area contributed by atoms with E-state index in [1.807, 2.05) is 19.9 Å². The number of esters is 1. The molecule has 9 heteroatoms. The molecule has 0 radical (unpaired) electrons. The summed E-state index contributed by atoms with van der Waals surface area (Å²) in [5, 5.41) is 6.98. The number of carbonyl (C=O) groups is 2. The number of pyridine rings is 1. The lowest BCUT2D eigenvalue weighted by Crippen LogP contribution is -2.28. The van der Waals surface area contributed by atoms with Crippen molar-refractivity contribution in [3.63, 3.8) is 0 Å². The van der Waals surface area contributed by atoms with Crippen LogP contribution in [0.4, 0.5) is 4.39 Å². The average molecular weight is 431 g/mol. The number of nitrogens with zero attached hydrogens (tertiary/aromatic N) is 3. The first-order valence-corrected chi connectivity index (χ1v) is 9.51. The molecule has 7 nitrogen and oxygen atoms in total. The number of hydrogen-bond acceptors (Lipinski definition) is 5. The number of ether oxygens (including phenoxy) is 1. The Morgan fingerprint density at radius 2 is 1.93 bits per heavy atom. The molecule has 2 aromatic heterocycles. The molecule has 0 saturated carbocycles. The molecule has 2 heterocycles. The first-order chi connectivity index (χ1) is 14.2. The zero-order valence-electron chi connectivity index (χ0n) is 16.7. The van der Waals surface area contributed by atoms with E-state index in [0.717, 1.165) is 11.4 Å². The zero-order valence-corrected chi connectivity index (χ0v) is 17.5. The van der Waals surface area contributed by atoms with Crippen molar-refractivity contribution >= 4 is 23.5 Å². The summed E-state index contributed by atoms with van der Waals surface area (Å²) in [6, 6.07) is 9.70. The van der Waals surface area contributed by atoms with E-state index >= 15 is 0 Å². The summed E-state index contributed by atoms with van der Waals surface area (Å²) in [6.07, 6.45) is 0. The summed E-state index contributed by atoms with van der Waals surface area (Å²) in [6.45, 7) is 4.95. The largest absolute Gasteiger partial charge is 0.451 e. The Kier molecular flexibility index (Phi) is 6.47. The summed E-state index contributed by atoms with van der Waals surface area (Å²) >= 11 is 6.08. The van der Waals surface area contributed by atoms with Gasteiger partial charge in [0.1, 0.15) is 5.82 Å². The molecule has 0 unspecified atom stereocenters. The maximum atomic E-state index is 13.6. The molecule has 0 atom stereocenters. The van der Waals surface area contributed by atoms with Gasteiger partial charge in [-0.2, -0.15) is 5.10 Å². The Hall–Kier alpha value is -3.26. The van der Waals surface area contributed by atoms with Crippen LogP contribution in [-0.2, 0) is 16.1 Å². The highest BCUT2D eigenvalue weighted by atomic mass is 35.5. The smallest absolute Gasteiger partial charge is 0.359 e. The fourth-order valence-corrected chi connectivity index (χ4v) is 2.93. The van der Waals surface area contributed by atoms with Crippen LogP contribution in [0.5, 0.6) is 0 Å². The van der Waals surface area contributed by atoms with Gasteiger partial charge in [-0.3, -0.25) is 4.79 Å². The molecule has 0 aliphatic rings. The van der Waals surface area contributed by atoms with Gasteiger partial charge in [0.25, 0.3) is 5.91 Å². The second kappa shape index (κ2) is 9.04. The first-order valence-electron chi connectivity index (χ1n) is 9.13. The number of nitrogens with one attached hydrogen (secondary N) is 1. The van der Waals surface area contributed by atoms with Crippen molar-refractivity contribution in [2.45, 2.75) is 27.3 Å². The minimum atomic E-state index is -0.833. The van der Waals surface area contributed by atoms with Crippen molar-refractivity contribution in [1.29, 1.82) is 0 Å². The highest BCUT2D eigenvalue weighted by molar-refractivity contribution is 6.33. The molecular weight excluding hydrogens is 411 g/mol. The lowest BCUT2D eigenvalue weighted by Gasteiger charge is -2.09. The van der Waals surface area contributed by atoms with Crippen LogP contribution < -0.4 is 5.32 Å². The summed E-state index contributed by atoms with van der Waals surface area (Å²) in [5.41, 5.74) is 2.65. The van der Waals surface area contributed by atoms with Crippen LogP contribution in [0.15, 0.2) is 36.4 Å².